The minimum Gasteiger partial charge on any atom is -0.410 e. The molecule has 2 saturated heterocycles. The summed E-state index contributed by atoms with van der Waals surface area (Å²) in [6.07, 6.45) is -4.88. The van der Waals surface area contributed by atoms with Gasteiger partial charge in [0.2, 0.25) is 0 Å². The van der Waals surface area contributed by atoms with E-state index in [9.17, 15) is 0 Å². The summed E-state index contributed by atoms with van der Waals surface area (Å²) < 4.78 is 61.4. The minimum atomic E-state index is -2.29. The molecule has 2 fully saturated rings. The van der Waals surface area contributed by atoms with Gasteiger partial charge in [0.05, 0.1) is 48.7 Å². The van der Waals surface area contributed by atoms with Gasteiger partial charge in [-0.1, -0.05) is 155 Å². The van der Waals surface area contributed by atoms with E-state index in [0.717, 1.165) is 16.7 Å². The molecule has 0 N–H and O–H groups in total. The fraction of sp³-hybridized carbons (Fsp3) is 0.609. The number of methoxy groups -OCH3 is 1. The van der Waals surface area contributed by atoms with Crippen molar-refractivity contribution in [2.24, 2.45) is 0 Å². The second-order valence-electron chi connectivity index (χ2n) is 18.7. The third kappa shape index (κ3) is 12.3. The van der Waals surface area contributed by atoms with Crippen LogP contribution in [0.15, 0.2) is 91.0 Å². The molecule has 3 aromatic carbocycles. The van der Waals surface area contributed by atoms with Gasteiger partial charge in [-0.3, -0.25) is 0 Å². The van der Waals surface area contributed by atoms with Crippen molar-refractivity contribution in [3.8, 4) is 0 Å². The van der Waals surface area contributed by atoms with Crippen LogP contribution in [-0.2, 0) is 61.8 Å². The average molecular weight is 949 g/mol. The smallest absolute Gasteiger partial charge is 0.192 e. The van der Waals surface area contributed by atoms with E-state index in [4.69, 9.17) is 42.0 Å². The van der Waals surface area contributed by atoms with Crippen molar-refractivity contribution >= 4 is 39.2 Å². The maximum atomic E-state index is 7.37. The number of hydrogen-bond donors (Lipinski definition) is 0. The molecule has 0 aromatic heterocycles. The van der Waals surface area contributed by atoms with Crippen molar-refractivity contribution < 1.29 is 42.0 Å². The van der Waals surface area contributed by atoms with Crippen LogP contribution in [0.2, 0.25) is 36.3 Å². The van der Waals surface area contributed by atoms with Crippen LogP contribution in [0.5, 0.6) is 0 Å². The van der Waals surface area contributed by atoms with Crippen molar-refractivity contribution in [1.82, 2.24) is 0 Å². The van der Waals surface area contributed by atoms with E-state index < -0.39 is 53.6 Å². The van der Waals surface area contributed by atoms with Gasteiger partial charge in [-0.05, 0) is 59.9 Å². The first kappa shape index (κ1) is 47.5. The van der Waals surface area contributed by atoms with E-state index in [1.54, 1.807) is 7.11 Å². The summed E-state index contributed by atoms with van der Waals surface area (Å²) in [5.41, 5.74) is 3.12. The van der Waals surface area contributed by atoms with Gasteiger partial charge in [-0.2, -0.15) is 0 Å². The standard InChI is InChI=1S/C46H69IO9Si2/c1-32-38(55-57(9,10)45(2,3)4)40(56-58(11,12)46(5,6)7)37(47)43(52-32)54-39-36(31-49-28-33-22-16-13-17-23-33)53-44(48-8)42(51-30-35-26-20-15-21-27-35)41(39)50-29-34-24-18-14-19-25-34/h13-27,32,36-44H,28-31H2,1-12H3/t32-,36-,37-,38-,39-,40-,41+,42-,43+,44+/m1/s1. The third-order valence-electron chi connectivity index (χ3n) is 12.3. The van der Waals surface area contributed by atoms with E-state index in [1.165, 1.54) is 0 Å². The van der Waals surface area contributed by atoms with Crippen LogP contribution >= 0.6 is 22.6 Å². The molecule has 0 radical (unpaired) electrons. The summed E-state index contributed by atoms with van der Waals surface area (Å²) >= 11 is 2.48. The highest BCUT2D eigenvalue weighted by Gasteiger charge is 2.55. The Morgan fingerprint density at radius 2 is 1.02 bits per heavy atom. The molecule has 0 spiro atoms. The number of hydrogen-bond acceptors (Lipinski definition) is 9. The van der Waals surface area contributed by atoms with Crippen LogP contribution in [-0.4, -0.2) is 89.6 Å². The van der Waals surface area contributed by atoms with Crippen LogP contribution < -0.4 is 0 Å². The van der Waals surface area contributed by atoms with E-state index in [2.05, 4.69) is 122 Å². The average Bonchev–Trinajstić information content (AvgIpc) is 3.17. The fourth-order valence-electron chi connectivity index (χ4n) is 6.69. The zero-order valence-corrected chi connectivity index (χ0v) is 41.0. The zero-order valence-electron chi connectivity index (χ0n) is 36.8. The van der Waals surface area contributed by atoms with Gasteiger partial charge >= 0.3 is 0 Å². The fourth-order valence-corrected chi connectivity index (χ4v) is 10.5. The highest BCUT2D eigenvalue weighted by atomic mass is 127. The molecule has 0 unspecified atom stereocenters. The predicted octanol–water partition coefficient (Wildman–Crippen LogP) is 10.5. The van der Waals surface area contributed by atoms with Crippen molar-refractivity contribution in [1.29, 1.82) is 0 Å². The number of benzene rings is 3. The first-order valence-electron chi connectivity index (χ1n) is 20.7. The molecule has 2 heterocycles. The normalized spacial score (nSPS) is 28.7. The molecule has 5 rings (SSSR count). The van der Waals surface area contributed by atoms with Crippen LogP contribution in [0.25, 0.3) is 0 Å². The topological polar surface area (TPSA) is 83.1 Å². The van der Waals surface area contributed by atoms with Gasteiger partial charge in [-0.15, -0.1) is 0 Å². The van der Waals surface area contributed by atoms with E-state index in [-0.39, 0.29) is 38.9 Å². The Balaban J connectivity index is 1.52. The highest BCUT2D eigenvalue weighted by Crippen LogP contribution is 2.45. The highest BCUT2D eigenvalue weighted by molar-refractivity contribution is 14.1. The number of rotatable bonds is 17. The molecule has 58 heavy (non-hydrogen) atoms. The first-order chi connectivity index (χ1) is 27.3. The summed E-state index contributed by atoms with van der Waals surface area (Å²) in [7, 11) is -2.89. The Morgan fingerprint density at radius 1 is 0.569 bits per heavy atom. The van der Waals surface area contributed by atoms with Gasteiger partial charge in [0.1, 0.15) is 24.4 Å². The molecule has 0 bridgehead atoms. The summed E-state index contributed by atoms with van der Waals surface area (Å²) in [6, 6.07) is 30.4. The molecule has 0 aliphatic carbocycles. The SMILES string of the molecule is CO[C@H]1O[C@H](COCc2ccccc2)[C@@H](O[C@@H]2O[C@H](C)[C@@H](O[Si](C)(C)C(C)(C)C)[C@H](O[Si](C)(C)C(C)(C)C)[C@H]2I)[C@H](OCc2ccccc2)[C@H]1OCc1ccccc1. The lowest BCUT2D eigenvalue weighted by Crippen LogP contribution is -2.66. The van der Waals surface area contributed by atoms with Crippen LogP contribution in [0.4, 0.5) is 0 Å². The molecular formula is C46H69IO9Si2. The molecule has 10 atom stereocenters. The zero-order chi connectivity index (χ0) is 42.3. The maximum absolute atomic E-state index is 7.37. The van der Waals surface area contributed by atoms with Gasteiger partial charge < -0.3 is 42.0 Å². The van der Waals surface area contributed by atoms with Gasteiger partial charge in [0.25, 0.3) is 0 Å². The Morgan fingerprint density at radius 3 is 1.48 bits per heavy atom. The third-order valence-corrected chi connectivity index (χ3v) is 22.5. The second-order valence-corrected chi connectivity index (χ2v) is 29.7. The molecule has 12 heteroatoms. The number of alkyl halides is 1. The van der Waals surface area contributed by atoms with Gasteiger partial charge in [-0.25, -0.2) is 0 Å². The molecular weight excluding hydrogens is 880 g/mol. The Bertz CT molecular complexity index is 1650. The molecule has 2 aliphatic heterocycles. The summed E-state index contributed by atoms with van der Waals surface area (Å²) in [4.78, 5) is 0. The van der Waals surface area contributed by atoms with E-state index in [0.29, 0.717) is 19.8 Å². The van der Waals surface area contributed by atoms with Crippen molar-refractivity contribution in [3.63, 3.8) is 0 Å². The molecule has 3 aromatic rings. The molecule has 0 saturated carbocycles. The summed E-state index contributed by atoms with van der Waals surface area (Å²) in [6.45, 7) is 26.2. The van der Waals surface area contributed by atoms with Crippen molar-refractivity contribution in [3.05, 3.63) is 108 Å². The number of halogens is 1. The Kier molecular flexibility index (Phi) is 16.8. The van der Waals surface area contributed by atoms with E-state index in [1.807, 2.05) is 66.7 Å². The molecule has 2 aliphatic rings. The quantitative estimate of drug-likeness (QED) is 0.0746. The van der Waals surface area contributed by atoms with Crippen LogP contribution in [0.3, 0.4) is 0 Å². The molecule has 9 nitrogen and oxygen atoms in total. The van der Waals surface area contributed by atoms with Gasteiger partial charge in [0, 0.05) is 7.11 Å². The van der Waals surface area contributed by atoms with Gasteiger partial charge in [0.15, 0.2) is 29.2 Å². The number of ether oxygens (including phenoxy) is 7. The van der Waals surface area contributed by atoms with Crippen molar-refractivity contribution in [2.75, 3.05) is 13.7 Å². The Labute approximate surface area is 364 Å². The lowest BCUT2D eigenvalue weighted by molar-refractivity contribution is -0.348. The molecule has 322 valence electrons. The monoisotopic (exact) mass is 948 g/mol. The first-order valence-corrected chi connectivity index (χ1v) is 27.8. The summed E-state index contributed by atoms with van der Waals surface area (Å²) in [5, 5.41) is -0.0131. The van der Waals surface area contributed by atoms with E-state index >= 15 is 0 Å². The maximum Gasteiger partial charge on any atom is 0.192 e. The second kappa shape index (κ2) is 20.6. The predicted molar refractivity (Wildman–Crippen MR) is 243 cm³/mol. The lowest BCUT2D eigenvalue weighted by Gasteiger charge is -2.52. The lowest BCUT2D eigenvalue weighted by atomic mass is 9.97. The van der Waals surface area contributed by atoms with Crippen LogP contribution in [0.1, 0.15) is 65.2 Å². The van der Waals surface area contributed by atoms with Crippen LogP contribution in [0, 0.1) is 0 Å². The summed E-state index contributed by atoms with van der Waals surface area (Å²) in [5.74, 6) is 0. The molecule has 0 amide bonds. The Hall–Kier alpha value is -1.54. The van der Waals surface area contributed by atoms with Crippen molar-refractivity contribution in [2.45, 2.75) is 164 Å². The minimum absolute atomic E-state index is 0.00470. The largest absolute Gasteiger partial charge is 0.410 e.